The van der Waals surface area contributed by atoms with Crippen LogP contribution in [-0.2, 0) is 11.3 Å². The molecule has 0 spiro atoms. The Kier molecular flexibility index (Phi) is 4.45. The van der Waals surface area contributed by atoms with Crippen LogP contribution in [0.1, 0.15) is 31.2 Å². The summed E-state index contributed by atoms with van der Waals surface area (Å²) in [6.45, 7) is 2.78. The van der Waals surface area contributed by atoms with Gasteiger partial charge in [0.05, 0.1) is 0 Å². The van der Waals surface area contributed by atoms with Gasteiger partial charge in [-0.2, -0.15) is 0 Å². The molecule has 0 bridgehead atoms. The Morgan fingerprint density at radius 2 is 1.84 bits per heavy atom. The van der Waals surface area contributed by atoms with Gasteiger partial charge in [0.15, 0.2) is 0 Å². The van der Waals surface area contributed by atoms with Crippen LogP contribution >= 0.6 is 0 Å². The fraction of sp³-hybridized carbons (Fsp3) is 0.381. The topological polar surface area (TPSA) is 58.4 Å². The van der Waals surface area contributed by atoms with Gasteiger partial charge >= 0.3 is 0 Å². The molecule has 1 saturated carbocycles. The largest absolute Gasteiger partial charge is 0.371 e. The summed E-state index contributed by atoms with van der Waals surface area (Å²) in [5.41, 5.74) is 11.6. The first-order valence-electron chi connectivity index (χ1n) is 9.24. The highest BCUT2D eigenvalue weighted by Gasteiger charge is 2.29. The molecule has 130 valence electrons. The SMILES string of the molecule is NCc1cc(-c2cccc(NC(=O)C3CC3)c2)ccc1N1CCCC1. The average Bonchev–Trinajstić information content (AvgIpc) is 3.36. The smallest absolute Gasteiger partial charge is 0.227 e. The molecule has 4 nitrogen and oxygen atoms in total. The minimum atomic E-state index is 0.143. The zero-order valence-corrected chi connectivity index (χ0v) is 14.5. The molecule has 4 heteroatoms. The van der Waals surface area contributed by atoms with Crippen molar-refractivity contribution in [2.75, 3.05) is 23.3 Å². The van der Waals surface area contributed by atoms with Crippen LogP contribution < -0.4 is 16.0 Å². The maximum absolute atomic E-state index is 12.0. The summed E-state index contributed by atoms with van der Waals surface area (Å²) in [6.07, 6.45) is 4.55. The Hall–Kier alpha value is -2.33. The van der Waals surface area contributed by atoms with E-state index in [0.717, 1.165) is 42.7 Å². The molecule has 25 heavy (non-hydrogen) atoms. The molecule has 0 unspecified atom stereocenters. The van der Waals surface area contributed by atoms with E-state index in [4.69, 9.17) is 5.73 Å². The normalized spacial score (nSPS) is 16.9. The van der Waals surface area contributed by atoms with Gasteiger partial charge in [0.2, 0.25) is 5.91 Å². The fourth-order valence-corrected chi connectivity index (χ4v) is 3.56. The lowest BCUT2D eigenvalue weighted by molar-refractivity contribution is -0.117. The van der Waals surface area contributed by atoms with Crippen molar-refractivity contribution < 1.29 is 4.79 Å². The van der Waals surface area contributed by atoms with Crippen LogP contribution in [0.3, 0.4) is 0 Å². The fourth-order valence-electron chi connectivity index (χ4n) is 3.56. The highest BCUT2D eigenvalue weighted by atomic mass is 16.2. The second-order valence-electron chi connectivity index (χ2n) is 7.09. The molecular weight excluding hydrogens is 310 g/mol. The first-order chi connectivity index (χ1) is 12.2. The summed E-state index contributed by atoms with van der Waals surface area (Å²) in [5, 5.41) is 3.03. The molecule has 2 aromatic rings. The highest BCUT2D eigenvalue weighted by molar-refractivity contribution is 5.94. The monoisotopic (exact) mass is 335 g/mol. The van der Waals surface area contributed by atoms with Gasteiger partial charge < -0.3 is 16.0 Å². The van der Waals surface area contributed by atoms with Crippen LogP contribution in [0, 0.1) is 5.92 Å². The molecule has 3 N–H and O–H groups in total. The van der Waals surface area contributed by atoms with Crippen molar-refractivity contribution in [2.24, 2.45) is 11.7 Å². The number of rotatable bonds is 5. The zero-order chi connectivity index (χ0) is 17.2. The number of amides is 1. The molecule has 1 aliphatic heterocycles. The second kappa shape index (κ2) is 6.89. The van der Waals surface area contributed by atoms with E-state index in [0.29, 0.717) is 6.54 Å². The Labute approximate surface area is 149 Å². The molecule has 1 heterocycles. The number of carbonyl (C=O) groups is 1. The summed E-state index contributed by atoms with van der Waals surface area (Å²) in [4.78, 5) is 14.4. The third-order valence-corrected chi connectivity index (χ3v) is 5.16. The number of hydrogen-bond acceptors (Lipinski definition) is 3. The summed E-state index contributed by atoms with van der Waals surface area (Å²) in [6, 6.07) is 14.6. The number of carbonyl (C=O) groups excluding carboxylic acids is 1. The lowest BCUT2D eigenvalue weighted by atomic mass is 10.0. The summed E-state index contributed by atoms with van der Waals surface area (Å²) in [7, 11) is 0. The molecule has 0 radical (unpaired) electrons. The molecule has 0 aromatic heterocycles. The van der Waals surface area contributed by atoms with E-state index in [-0.39, 0.29) is 11.8 Å². The van der Waals surface area contributed by atoms with Crippen molar-refractivity contribution in [3.63, 3.8) is 0 Å². The van der Waals surface area contributed by atoms with Gasteiger partial charge in [-0.25, -0.2) is 0 Å². The molecular formula is C21H25N3O. The van der Waals surface area contributed by atoms with Crippen LogP contribution in [0.15, 0.2) is 42.5 Å². The first-order valence-corrected chi connectivity index (χ1v) is 9.24. The summed E-state index contributed by atoms with van der Waals surface area (Å²) < 4.78 is 0. The Morgan fingerprint density at radius 1 is 1.08 bits per heavy atom. The number of nitrogens with one attached hydrogen (secondary N) is 1. The minimum Gasteiger partial charge on any atom is -0.371 e. The summed E-state index contributed by atoms with van der Waals surface area (Å²) in [5.74, 6) is 0.358. The lowest BCUT2D eigenvalue weighted by Gasteiger charge is -2.21. The highest BCUT2D eigenvalue weighted by Crippen LogP contribution is 2.32. The number of nitrogens with zero attached hydrogens (tertiary/aromatic N) is 1. The lowest BCUT2D eigenvalue weighted by Crippen LogP contribution is -2.20. The van der Waals surface area contributed by atoms with Gasteiger partial charge in [-0.15, -0.1) is 0 Å². The van der Waals surface area contributed by atoms with Crippen LogP contribution in [0.25, 0.3) is 11.1 Å². The molecule has 4 rings (SSSR count). The molecule has 2 aliphatic rings. The average molecular weight is 335 g/mol. The number of hydrogen-bond donors (Lipinski definition) is 2. The van der Waals surface area contributed by atoms with Crippen LogP contribution in [0.5, 0.6) is 0 Å². The van der Waals surface area contributed by atoms with Crippen LogP contribution in [-0.4, -0.2) is 19.0 Å². The van der Waals surface area contributed by atoms with E-state index in [9.17, 15) is 4.79 Å². The molecule has 2 fully saturated rings. The first kappa shape index (κ1) is 16.2. The molecule has 1 saturated heterocycles. The van der Waals surface area contributed by atoms with Crippen LogP contribution in [0.2, 0.25) is 0 Å². The third-order valence-electron chi connectivity index (χ3n) is 5.16. The van der Waals surface area contributed by atoms with E-state index in [1.165, 1.54) is 24.1 Å². The van der Waals surface area contributed by atoms with Crippen molar-refractivity contribution in [1.82, 2.24) is 0 Å². The molecule has 1 aliphatic carbocycles. The Bertz CT molecular complexity index is 776. The molecule has 2 aromatic carbocycles. The summed E-state index contributed by atoms with van der Waals surface area (Å²) >= 11 is 0. The Morgan fingerprint density at radius 3 is 2.56 bits per heavy atom. The predicted octanol–water partition coefficient (Wildman–Crippen LogP) is 3.76. The van der Waals surface area contributed by atoms with E-state index < -0.39 is 0 Å². The van der Waals surface area contributed by atoms with Gasteiger partial charge in [-0.3, -0.25) is 4.79 Å². The van der Waals surface area contributed by atoms with Crippen molar-refractivity contribution in [2.45, 2.75) is 32.2 Å². The van der Waals surface area contributed by atoms with Gasteiger partial charge in [0.1, 0.15) is 0 Å². The number of nitrogens with two attached hydrogens (primary N) is 1. The van der Waals surface area contributed by atoms with E-state index in [1.54, 1.807) is 0 Å². The number of anilines is 2. The van der Waals surface area contributed by atoms with Crippen LogP contribution in [0.4, 0.5) is 11.4 Å². The van der Waals surface area contributed by atoms with Gasteiger partial charge in [-0.05, 0) is 66.6 Å². The molecule has 0 atom stereocenters. The van der Waals surface area contributed by atoms with Gasteiger partial charge in [0.25, 0.3) is 0 Å². The predicted molar refractivity (Wildman–Crippen MR) is 103 cm³/mol. The van der Waals surface area contributed by atoms with Crippen molar-refractivity contribution in [3.05, 3.63) is 48.0 Å². The van der Waals surface area contributed by atoms with E-state index >= 15 is 0 Å². The van der Waals surface area contributed by atoms with E-state index in [2.05, 4.69) is 34.5 Å². The second-order valence-corrected chi connectivity index (χ2v) is 7.09. The minimum absolute atomic E-state index is 0.143. The van der Waals surface area contributed by atoms with Crippen molar-refractivity contribution >= 4 is 17.3 Å². The maximum Gasteiger partial charge on any atom is 0.227 e. The molecule has 1 amide bonds. The maximum atomic E-state index is 12.0. The van der Waals surface area contributed by atoms with Crippen molar-refractivity contribution in [1.29, 1.82) is 0 Å². The zero-order valence-electron chi connectivity index (χ0n) is 14.5. The van der Waals surface area contributed by atoms with E-state index in [1.807, 2.05) is 18.2 Å². The third kappa shape index (κ3) is 3.54. The standard InChI is InChI=1S/C21H25N3O/c22-14-18-12-17(8-9-20(18)24-10-1-2-11-24)16-4-3-5-19(13-16)23-21(25)15-6-7-15/h3-5,8-9,12-13,15H,1-2,6-7,10-11,14,22H2,(H,23,25). The number of benzene rings is 2. The Balaban J connectivity index is 1.59. The van der Waals surface area contributed by atoms with Gasteiger partial charge in [-0.1, -0.05) is 18.2 Å². The van der Waals surface area contributed by atoms with Crippen molar-refractivity contribution in [3.8, 4) is 11.1 Å². The quantitative estimate of drug-likeness (QED) is 0.874. The van der Waals surface area contributed by atoms with Gasteiger partial charge in [0, 0.05) is 36.9 Å².